The molecule has 4 fully saturated rings. The lowest BCUT2D eigenvalue weighted by molar-refractivity contribution is -0.136. The number of aliphatic hydroxyl groups is 1. The predicted molar refractivity (Wildman–Crippen MR) is 124 cm³/mol. The Labute approximate surface area is 201 Å². The highest BCUT2D eigenvalue weighted by Crippen LogP contribution is 2.57. The zero-order chi connectivity index (χ0) is 23.2. The van der Waals surface area contributed by atoms with Gasteiger partial charge in [-0.3, -0.25) is 4.79 Å². The summed E-state index contributed by atoms with van der Waals surface area (Å²) in [7, 11) is -3.75. The molecular formula is C24H33ClN2O5S. The number of benzene rings is 1. The van der Waals surface area contributed by atoms with E-state index < -0.39 is 10.0 Å². The molecule has 182 valence electrons. The molecule has 0 radical (unpaired) electrons. The van der Waals surface area contributed by atoms with Crippen molar-refractivity contribution in [2.45, 2.75) is 74.4 Å². The molecule has 0 aromatic heterocycles. The lowest BCUT2D eigenvalue weighted by Crippen LogP contribution is -2.60. The summed E-state index contributed by atoms with van der Waals surface area (Å²) in [5.41, 5.74) is -0.363. The Hall–Kier alpha value is -1.19. The number of fused-ring (bicyclic) bond motifs is 1. The first-order valence-electron chi connectivity index (χ1n) is 12.1. The molecule has 0 spiro atoms. The highest BCUT2D eigenvalue weighted by Gasteiger charge is 2.60. The number of likely N-dealkylation sites (tertiary alicyclic amines) is 1. The number of nitrogens with zero attached hydrogens (tertiary/aromatic N) is 2. The van der Waals surface area contributed by atoms with Crippen molar-refractivity contribution in [1.82, 2.24) is 9.21 Å². The fourth-order valence-corrected chi connectivity index (χ4v) is 8.06. The van der Waals surface area contributed by atoms with Crippen molar-refractivity contribution in [2.24, 2.45) is 11.3 Å². The Bertz CT molecular complexity index is 973. The minimum atomic E-state index is -3.75. The van der Waals surface area contributed by atoms with Gasteiger partial charge in [0.15, 0.2) is 0 Å². The smallest absolute Gasteiger partial charge is 0.243 e. The zero-order valence-electron chi connectivity index (χ0n) is 18.9. The number of morpholine rings is 1. The number of halogens is 1. The van der Waals surface area contributed by atoms with Gasteiger partial charge in [-0.25, -0.2) is 8.42 Å². The molecule has 2 aliphatic heterocycles. The molecule has 2 saturated carbocycles. The molecule has 0 unspecified atom stereocenters. The predicted octanol–water partition coefficient (Wildman–Crippen LogP) is 3.05. The number of hydrogen-bond acceptors (Lipinski definition) is 5. The fraction of sp³-hybridized carbons (Fsp3) is 0.708. The van der Waals surface area contributed by atoms with Gasteiger partial charge in [0, 0.05) is 31.1 Å². The van der Waals surface area contributed by atoms with Crippen molar-refractivity contribution >= 4 is 27.5 Å². The number of sulfonamides is 1. The van der Waals surface area contributed by atoms with E-state index in [1.165, 1.54) is 0 Å². The second kappa shape index (κ2) is 9.11. The number of aliphatic hydroxyl groups excluding tert-OH is 1. The van der Waals surface area contributed by atoms with Gasteiger partial charge in [-0.05, 0) is 80.5 Å². The van der Waals surface area contributed by atoms with Crippen LogP contribution in [0.25, 0.3) is 0 Å². The third-order valence-corrected chi connectivity index (χ3v) is 10.4. The van der Waals surface area contributed by atoms with Crippen LogP contribution in [-0.2, 0) is 19.6 Å². The maximum atomic E-state index is 13.9. The van der Waals surface area contributed by atoms with E-state index in [0.717, 1.165) is 44.9 Å². The van der Waals surface area contributed by atoms with Crippen molar-refractivity contribution in [2.75, 3.05) is 26.3 Å². The molecule has 0 bridgehead atoms. The normalized spacial score (nSPS) is 30.2. The number of ether oxygens (including phenoxy) is 1. The lowest BCUT2D eigenvalue weighted by atomic mass is 9.89. The molecule has 1 N–H and O–H groups in total. The van der Waals surface area contributed by atoms with E-state index in [-0.39, 0.29) is 46.9 Å². The average molecular weight is 497 g/mol. The van der Waals surface area contributed by atoms with Crippen LogP contribution in [0.15, 0.2) is 29.2 Å². The van der Waals surface area contributed by atoms with Crippen molar-refractivity contribution in [3.8, 4) is 0 Å². The molecule has 9 heteroatoms. The van der Waals surface area contributed by atoms with Crippen molar-refractivity contribution in [3.63, 3.8) is 0 Å². The van der Waals surface area contributed by atoms with Gasteiger partial charge in [0.2, 0.25) is 15.9 Å². The Kier molecular flexibility index (Phi) is 6.50. The van der Waals surface area contributed by atoms with Crippen molar-refractivity contribution < 1.29 is 23.1 Å². The molecule has 33 heavy (non-hydrogen) atoms. The zero-order valence-corrected chi connectivity index (χ0v) is 20.4. The van der Waals surface area contributed by atoms with Gasteiger partial charge in [-0.1, -0.05) is 11.6 Å². The van der Waals surface area contributed by atoms with Gasteiger partial charge >= 0.3 is 0 Å². The van der Waals surface area contributed by atoms with Gasteiger partial charge in [0.25, 0.3) is 0 Å². The van der Waals surface area contributed by atoms with E-state index >= 15 is 0 Å². The summed E-state index contributed by atoms with van der Waals surface area (Å²) < 4.78 is 35.7. The van der Waals surface area contributed by atoms with E-state index in [0.29, 0.717) is 31.1 Å². The van der Waals surface area contributed by atoms with Crippen LogP contribution < -0.4 is 0 Å². The van der Waals surface area contributed by atoms with Crippen LogP contribution in [-0.4, -0.2) is 73.1 Å². The molecule has 2 aliphatic carbocycles. The number of amides is 1. The second-order valence-electron chi connectivity index (χ2n) is 10.2. The monoisotopic (exact) mass is 496 g/mol. The number of piperidine rings is 1. The molecule has 5 rings (SSSR count). The van der Waals surface area contributed by atoms with Crippen molar-refractivity contribution in [3.05, 3.63) is 29.3 Å². The number of rotatable bonds is 6. The number of carbonyl (C=O) groups is 1. The minimum Gasteiger partial charge on any atom is -0.396 e. The SMILES string of the molecule is O=C(CC1([C@H]2CO[C@H]3CCC[C@H]3N2S(=O)(=O)c2ccc(Cl)cc2)CC1)N1CCC(CO)CC1. The van der Waals surface area contributed by atoms with Crippen LogP contribution in [0.3, 0.4) is 0 Å². The van der Waals surface area contributed by atoms with Gasteiger partial charge in [-0.15, -0.1) is 0 Å². The van der Waals surface area contributed by atoms with Gasteiger partial charge in [0.05, 0.1) is 29.7 Å². The Morgan fingerprint density at radius 3 is 2.45 bits per heavy atom. The summed E-state index contributed by atoms with van der Waals surface area (Å²) in [6, 6.07) is 5.85. The molecule has 1 aromatic rings. The first-order chi connectivity index (χ1) is 15.8. The summed E-state index contributed by atoms with van der Waals surface area (Å²) >= 11 is 6.01. The summed E-state index contributed by atoms with van der Waals surface area (Å²) in [5.74, 6) is 0.372. The van der Waals surface area contributed by atoms with Crippen molar-refractivity contribution in [1.29, 1.82) is 0 Å². The molecule has 2 saturated heterocycles. The minimum absolute atomic E-state index is 0.0765. The van der Waals surface area contributed by atoms with Crippen LogP contribution in [0.4, 0.5) is 0 Å². The second-order valence-corrected chi connectivity index (χ2v) is 12.5. The van der Waals surface area contributed by atoms with E-state index in [2.05, 4.69) is 0 Å². The molecule has 1 amide bonds. The van der Waals surface area contributed by atoms with E-state index in [9.17, 15) is 18.3 Å². The van der Waals surface area contributed by atoms with E-state index in [1.807, 2.05) is 4.90 Å². The fourth-order valence-electron chi connectivity index (χ4n) is 6.00. The summed E-state index contributed by atoms with van der Waals surface area (Å²) in [5, 5.41) is 9.89. The summed E-state index contributed by atoms with van der Waals surface area (Å²) in [4.78, 5) is 15.4. The molecule has 2 heterocycles. The number of hydrogen-bond donors (Lipinski definition) is 1. The summed E-state index contributed by atoms with van der Waals surface area (Å²) in [6.07, 6.45) is 6.20. The van der Waals surface area contributed by atoms with Crippen LogP contribution in [0.2, 0.25) is 5.02 Å². The van der Waals surface area contributed by atoms with Crippen LogP contribution in [0, 0.1) is 11.3 Å². The van der Waals surface area contributed by atoms with Crippen LogP contribution >= 0.6 is 11.6 Å². The van der Waals surface area contributed by atoms with Gasteiger partial charge in [-0.2, -0.15) is 4.31 Å². The maximum absolute atomic E-state index is 13.9. The molecule has 4 aliphatic rings. The van der Waals surface area contributed by atoms with Gasteiger partial charge < -0.3 is 14.7 Å². The molecule has 3 atom stereocenters. The Morgan fingerprint density at radius 2 is 1.82 bits per heavy atom. The molecular weight excluding hydrogens is 464 g/mol. The van der Waals surface area contributed by atoms with E-state index in [4.69, 9.17) is 16.3 Å². The highest BCUT2D eigenvalue weighted by atomic mass is 35.5. The quantitative estimate of drug-likeness (QED) is 0.654. The van der Waals surface area contributed by atoms with Crippen LogP contribution in [0.1, 0.15) is 51.4 Å². The number of carbonyl (C=O) groups excluding carboxylic acids is 1. The standard InChI is InChI=1S/C24H33ClN2O5S/c25-18-4-6-19(7-5-18)33(30,31)27-20-2-1-3-21(20)32-16-22(27)24(10-11-24)14-23(29)26-12-8-17(15-28)9-13-26/h4-7,17,20-22,28H,1-3,8-16H2/t20-,21+,22-/m1/s1. The molecule has 7 nitrogen and oxygen atoms in total. The molecule has 1 aromatic carbocycles. The largest absolute Gasteiger partial charge is 0.396 e. The summed E-state index contributed by atoms with van der Waals surface area (Å²) in [6.45, 7) is 1.84. The highest BCUT2D eigenvalue weighted by molar-refractivity contribution is 7.89. The topological polar surface area (TPSA) is 87.2 Å². The average Bonchev–Trinajstić information content (AvgIpc) is 3.44. The lowest BCUT2D eigenvalue weighted by Gasteiger charge is -2.46. The van der Waals surface area contributed by atoms with Crippen LogP contribution in [0.5, 0.6) is 0 Å². The maximum Gasteiger partial charge on any atom is 0.243 e. The third kappa shape index (κ3) is 4.45. The van der Waals surface area contributed by atoms with E-state index in [1.54, 1.807) is 28.6 Å². The Morgan fingerprint density at radius 1 is 1.12 bits per heavy atom. The van der Waals surface area contributed by atoms with Gasteiger partial charge in [0.1, 0.15) is 0 Å². The third-order valence-electron chi connectivity index (χ3n) is 8.24. The Balaban J connectivity index is 1.40. The first kappa shape index (κ1) is 23.5. The first-order valence-corrected chi connectivity index (χ1v) is 14.0.